The van der Waals surface area contributed by atoms with E-state index in [1.807, 2.05) is 20.8 Å². The van der Waals surface area contributed by atoms with E-state index in [9.17, 15) is 5.11 Å². The van der Waals surface area contributed by atoms with Gasteiger partial charge >= 0.3 is 0 Å². The van der Waals surface area contributed by atoms with Crippen LogP contribution in [-0.2, 0) is 4.74 Å². The van der Waals surface area contributed by atoms with E-state index in [0.29, 0.717) is 45.9 Å². The number of ether oxygens (including phenoxy) is 2. The third-order valence-corrected chi connectivity index (χ3v) is 4.36. The van der Waals surface area contributed by atoms with Crippen LogP contribution in [0.15, 0.2) is 49.1 Å². The van der Waals surface area contributed by atoms with Crippen LogP contribution in [0.1, 0.15) is 38.0 Å². The maximum atomic E-state index is 11.0. The molecule has 2 aromatic carbocycles. The fourth-order valence-electron chi connectivity index (χ4n) is 2.42. The third kappa shape index (κ3) is 6.15. The average Bonchev–Trinajstić information content (AvgIpc) is 2.60. The van der Waals surface area contributed by atoms with E-state index in [1.165, 1.54) is 0 Å². The molecular formula is C21H25Cl2NO3. The van der Waals surface area contributed by atoms with Gasteiger partial charge < -0.3 is 19.9 Å². The maximum absolute atomic E-state index is 11.0. The van der Waals surface area contributed by atoms with E-state index in [0.717, 1.165) is 0 Å². The first-order valence-electron chi connectivity index (χ1n) is 8.60. The fraction of sp³-hybridized carbons (Fsp3) is 0.333. The van der Waals surface area contributed by atoms with Crippen molar-refractivity contribution in [2.24, 2.45) is 0 Å². The van der Waals surface area contributed by atoms with Gasteiger partial charge in [0.1, 0.15) is 25.2 Å². The quantitative estimate of drug-likeness (QED) is 0.425. The summed E-state index contributed by atoms with van der Waals surface area (Å²) in [5.41, 5.74) is 1.56. The predicted molar refractivity (Wildman–Crippen MR) is 112 cm³/mol. The topological polar surface area (TPSA) is 50.7 Å². The van der Waals surface area contributed by atoms with Crippen molar-refractivity contribution in [1.29, 1.82) is 0 Å². The first-order chi connectivity index (χ1) is 12.7. The summed E-state index contributed by atoms with van der Waals surface area (Å²) in [4.78, 5) is 0. The van der Waals surface area contributed by atoms with Gasteiger partial charge in [0.15, 0.2) is 0 Å². The van der Waals surface area contributed by atoms with E-state index < -0.39 is 6.10 Å². The molecule has 1 unspecified atom stereocenters. The SMILES string of the molecule is C=CCOc1cccc(C(O)c2cc(Cl)ccc2NCOC(C)(C)C)c1Cl. The molecule has 0 aromatic heterocycles. The molecule has 0 spiro atoms. The Morgan fingerprint density at radius 2 is 1.93 bits per heavy atom. The first-order valence-corrected chi connectivity index (χ1v) is 9.36. The zero-order chi connectivity index (χ0) is 20.0. The lowest BCUT2D eigenvalue weighted by atomic mass is 9.99. The van der Waals surface area contributed by atoms with Gasteiger partial charge in [-0.15, -0.1) is 0 Å². The molecule has 1 atom stereocenters. The molecule has 2 N–H and O–H groups in total. The van der Waals surface area contributed by atoms with Crippen molar-refractivity contribution < 1.29 is 14.6 Å². The van der Waals surface area contributed by atoms with Crippen LogP contribution in [0.2, 0.25) is 10.0 Å². The first kappa shape index (κ1) is 21.6. The standard InChI is InChI=1S/C21H25Cl2NO3/c1-5-11-26-18-8-6-7-15(19(18)23)20(25)16-12-14(22)9-10-17(16)24-13-27-21(2,3)4/h5-10,12,20,24-25H,1,11,13H2,2-4H3. The van der Waals surface area contributed by atoms with Crippen molar-refractivity contribution in [1.82, 2.24) is 0 Å². The number of rotatable bonds is 8. The van der Waals surface area contributed by atoms with Crippen molar-refractivity contribution in [2.75, 3.05) is 18.7 Å². The van der Waals surface area contributed by atoms with Gasteiger partial charge in [0.05, 0.1) is 10.6 Å². The van der Waals surface area contributed by atoms with Crippen molar-refractivity contribution >= 4 is 28.9 Å². The van der Waals surface area contributed by atoms with E-state index >= 15 is 0 Å². The zero-order valence-electron chi connectivity index (χ0n) is 15.8. The minimum absolute atomic E-state index is 0.279. The smallest absolute Gasteiger partial charge is 0.138 e. The van der Waals surface area contributed by atoms with Crippen LogP contribution < -0.4 is 10.1 Å². The van der Waals surface area contributed by atoms with Crippen LogP contribution in [0.4, 0.5) is 5.69 Å². The average molecular weight is 410 g/mol. The zero-order valence-corrected chi connectivity index (χ0v) is 17.3. The number of nitrogens with one attached hydrogen (secondary N) is 1. The van der Waals surface area contributed by atoms with Crippen LogP contribution in [0.5, 0.6) is 5.75 Å². The van der Waals surface area contributed by atoms with Crippen molar-refractivity contribution in [3.63, 3.8) is 0 Å². The Bertz CT molecular complexity index is 787. The number of halogens is 2. The van der Waals surface area contributed by atoms with Gasteiger partial charge in [-0.1, -0.05) is 48.0 Å². The molecule has 6 heteroatoms. The Balaban J connectivity index is 2.31. The van der Waals surface area contributed by atoms with Gasteiger partial charge in [-0.2, -0.15) is 0 Å². The highest BCUT2D eigenvalue weighted by molar-refractivity contribution is 6.33. The Morgan fingerprint density at radius 3 is 2.59 bits per heavy atom. The van der Waals surface area contributed by atoms with E-state index in [4.69, 9.17) is 32.7 Å². The van der Waals surface area contributed by atoms with Crippen LogP contribution in [0.25, 0.3) is 0 Å². The summed E-state index contributed by atoms with van der Waals surface area (Å²) in [5, 5.41) is 15.0. The predicted octanol–water partition coefficient (Wildman–Crippen LogP) is 5.82. The lowest BCUT2D eigenvalue weighted by molar-refractivity contribution is 0.00839. The Morgan fingerprint density at radius 1 is 1.19 bits per heavy atom. The number of aliphatic hydroxyl groups is 1. The molecule has 0 saturated heterocycles. The molecule has 0 aliphatic rings. The van der Waals surface area contributed by atoms with E-state index in [1.54, 1.807) is 42.5 Å². The molecule has 0 aliphatic carbocycles. The molecule has 2 aromatic rings. The van der Waals surface area contributed by atoms with E-state index in [-0.39, 0.29) is 5.60 Å². The lowest BCUT2D eigenvalue weighted by Crippen LogP contribution is -2.23. The van der Waals surface area contributed by atoms with Gasteiger partial charge in [0.2, 0.25) is 0 Å². The minimum Gasteiger partial charge on any atom is -0.488 e. The molecular weight excluding hydrogens is 385 g/mol. The molecule has 2 rings (SSSR count). The highest BCUT2D eigenvalue weighted by Gasteiger charge is 2.20. The Labute approximate surface area is 170 Å². The van der Waals surface area contributed by atoms with Gasteiger partial charge in [-0.3, -0.25) is 0 Å². The van der Waals surface area contributed by atoms with Gasteiger partial charge in [0, 0.05) is 21.8 Å². The number of hydrogen-bond acceptors (Lipinski definition) is 4. The molecule has 4 nitrogen and oxygen atoms in total. The Kier molecular flexibility index (Phi) is 7.57. The van der Waals surface area contributed by atoms with Gasteiger partial charge in [0.25, 0.3) is 0 Å². The van der Waals surface area contributed by atoms with Crippen molar-refractivity contribution in [3.8, 4) is 5.75 Å². The summed E-state index contributed by atoms with van der Waals surface area (Å²) in [7, 11) is 0. The number of anilines is 1. The molecule has 0 radical (unpaired) electrons. The molecule has 0 heterocycles. The summed E-state index contributed by atoms with van der Waals surface area (Å²) >= 11 is 12.6. The van der Waals surface area contributed by atoms with Crippen LogP contribution in [-0.4, -0.2) is 24.0 Å². The molecule has 0 saturated carbocycles. The van der Waals surface area contributed by atoms with Gasteiger partial charge in [-0.25, -0.2) is 0 Å². The number of benzene rings is 2. The fourth-order valence-corrected chi connectivity index (χ4v) is 2.88. The second-order valence-electron chi connectivity index (χ2n) is 6.97. The van der Waals surface area contributed by atoms with Gasteiger partial charge in [-0.05, 0) is 45.0 Å². The van der Waals surface area contributed by atoms with Crippen LogP contribution in [0.3, 0.4) is 0 Å². The van der Waals surface area contributed by atoms with Crippen LogP contribution >= 0.6 is 23.2 Å². The lowest BCUT2D eigenvalue weighted by Gasteiger charge is -2.23. The highest BCUT2D eigenvalue weighted by atomic mass is 35.5. The maximum Gasteiger partial charge on any atom is 0.138 e. The second-order valence-corrected chi connectivity index (χ2v) is 7.79. The third-order valence-electron chi connectivity index (χ3n) is 3.72. The minimum atomic E-state index is -0.986. The van der Waals surface area contributed by atoms with Crippen molar-refractivity contribution in [2.45, 2.75) is 32.5 Å². The molecule has 0 amide bonds. The second kappa shape index (κ2) is 9.47. The molecule has 0 bridgehead atoms. The molecule has 0 aliphatic heterocycles. The normalized spacial score (nSPS) is 12.5. The molecule has 27 heavy (non-hydrogen) atoms. The number of aliphatic hydroxyl groups excluding tert-OH is 1. The summed E-state index contributed by atoms with van der Waals surface area (Å²) in [6.07, 6.45) is 0.647. The van der Waals surface area contributed by atoms with Crippen molar-refractivity contribution in [3.05, 3.63) is 70.2 Å². The highest BCUT2D eigenvalue weighted by Crippen LogP contribution is 2.38. The Hall–Kier alpha value is -1.72. The van der Waals surface area contributed by atoms with E-state index in [2.05, 4.69) is 11.9 Å². The van der Waals surface area contributed by atoms with Crippen LogP contribution in [0, 0.1) is 0 Å². The number of hydrogen-bond donors (Lipinski definition) is 2. The molecule has 146 valence electrons. The summed E-state index contributed by atoms with van der Waals surface area (Å²) < 4.78 is 11.3. The largest absolute Gasteiger partial charge is 0.488 e. The molecule has 0 fully saturated rings. The monoisotopic (exact) mass is 409 g/mol. The summed E-state index contributed by atoms with van der Waals surface area (Å²) in [6, 6.07) is 10.5. The summed E-state index contributed by atoms with van der Waals surface area (Å²) in [6.45, 7) is 10.2. The summed E-state index contributed by atoms with van der Waals surface area (Å²) in [5.74, 6) is 0.487.